The summed E-state index contributed by atoms with van der Waals surface area (Å²) in [6, 6.07) is 0. The fourth-order valence-electron chi connectivity index (χ4n) is 7.55. The fraction of sp³-hybridized carbons (Fsp3) is 0.864. The van der Waals surface area contributed by atoms with Crippen LogP contribution in [-0.4, -0.2) is 17.0 Å². The Morgan fingerprint density at radius 1 is 1.04 bits per heavy atom. The van der Waals surface area contributed by atoms with Crippen molar-refractivity contribution >= 4 is 5.78 Å². The van der Waals surface area contributed by atoms with Crippen LogP contribution in [-0.2, 0) is 4.79 Å². The molecular formula is C22H34O2. The van der Waals surface area contributed by atoms with E-state index in [1.807, 2.05) is 13.0 Å². The molecule has 4 rings (SSSR count). The van der Waals surface area contributed by atoms with Gasteiger partial charge in [-0.2, -0.15) is 0 Å². The van der Waals surface area contributed by atoms with Crippen molar-refractivity contribution in [2.24, 2.45) is 34.0 Å². The first-order valence-corrected chi connectivity index (χ1v) is 10.1. The third-order valence-electron chi connectivity index (χ3n) is 9.55. The van der Waals surface area contributed by atoms with Crippen LogP contribution < -0.4 is 0 Å². The quantitative estimate of drug-likeness (QED) is 0.742. The molecule has 24 heavy (non-hydrogen) atoms. The second kappa shape index (κ2) is 5.19. The molecule has 2 nitrogen and oxygen atoms in total. The van der Waals surface area contributed by atoms with Gasteiger partial charge in [0.2, 0.25) is 0 Å². The number of aliphatic hydroxyl groups is 1. The number of ketones is 1. The second-order valence-electron chi connectivity index (χ2n) is 10.1. The highest BCUT2D eigenvalue weighted by Gasteiger charge is 2.63. The molecule has 0 bridgehead atoms. The van der Waals surface area contributed by atoms with Crippen molar-refractivity contribution in [2.75, 3.05) is 0 Å². The number of hydrogen-bond donors (Lipinski definition) is 1. The van der Waals surface area contributed by atoms with E-state index >= 15 is 0 Å². The molecule has 2 heteroatoms. The van der Waals surface area contributed by atoms with Crippen molar-refractivity contribution in [2.45, 2.75) is 85.2 Å². The average Bonchev–Trinajstić information content (AvgIpc) is 2.81. The van der Waals surface area contributed by atoms with E-state index in [0.717, 1.165) is 37.0 Å². The molecule has 134 valence electrons. The molecule has 0 saturated heterocycles. The molecule has 4 aliphatic carbocycles. The fourth-order valence-corrected chi connectivity index (χ4v) is 7.55. The molecule has 0 aromatic rings. The zero-order chi connectivity index (χ0) is 17.3. The summed E-state index contributed by atoms with van der Waals surface area (Å²) in [7, 11) is 0. The Kier molecular flexibility index (Phi) is 3.64. The van der Waals surface area contributed by atoms with Crippen LogP contribution in [0.2, 0.25) is 0 Å². The predicted molar refractivity (Wildman–Crippen MR) is 96.5 cm³/mol. The zero-order valence-electron chi connectivity index (χ0n) is 15.9. The topological polar surface area (TPSA) is 37.3 Å². The molecule has 0 radical (unpaired) electrons. The number of aliphatic hydroxyl groups excluding tert-OH is 1. The first-order chi connectivity index (χ1) is 11.2. The highest BCUT2D eigenvalue weighted by Crippen LogP contribution is 2.70. The zero-order valence-corrected chi connectivity index (χ0v) is 15.9. The number of allylic oxidation sites excluding steroid dienone is 1. The maximum absolute atomic E-state index is 11.9. The third-order valence-corrected chi connectivity index (χ3v) is 9.55. The van der Waals surface area contributed by atoms with E-state index in [-0.39, 0.29) is 22.3 Å². The van der Waals surface area contributed by atoms with E-state index in [0.29, 0.717) is 5.78 Å². The van der Waals surface area contributed by atoms with Gasteiger partial charge in [-0.05, 0) is 91.9 Å². The summed E-state index contributed by atoms with van der Waals surface area (Å²) in [5.41, 5.74) is 2.08. The SMILES string of the molecule is C[C@H](O)C1(C)CCC2C3CCC4=CC(=O)CCC4(C)C3CCC21C. The van der Waals surface area contributed by atoms with Gasteiger partial charge in [-0.1, -0.05) is 26.3 Å². The highest BCUT2D eigenvalue weighted by atomic mass is 16.3. The van der Waals surface area contributed by atoms with E-state index in [1.54, 1.807) is 0 Å². The Labute approximate surface area is 147 Å². The Bertz CT molecular complexity index is 591. The van der Waals surface area contributed by atoms with Crippen molar-refractivity contribution in [1.29, 1.82) is 0 Å². The van der Waals surface area contributed by atoms with Crippen LogP contribution in [0.5, 0.6) is 0 Å². The number of fused-ring (bicyclic) bond motifs is 5. The Morgan fingerprint density at radius 2 is 1.75 bits per heavy atom. The minimum Gasteiger partial charge on any atom is -0.393 e. The van der Waals surface area contributed by atoms with Gasteiger partial charge in [0.25, 0.3) is 0 Å². The molecule has 1 N–H and O–H groups in total. The van der Waals surface area contributed by atoms with Gasteiger partial charge in [-0.25, -0.2) is 0 Å². The average molecular weight is 331 g/mol. The van der Waals surface area contributed by atoms with E-state index in [4.69, 9.17) is 0 Å². The van der Waals surface area contributed by atoms with Crippen LogP contribution in [0.25, 0.3) is 0 Å². The molecule has 0 aromatic carbocycles. The standard InChI is InChI=1S/C22H34O2/c1-14(23)21(3)11-9-19-17-6-5-15-13-16(24)7-10-20(15,2)18(17)8-12-22(19,21)4/h13-14,17-19,23H,5-12H2,1-4H3/t14-,17?,18?,19?,20?,21?,22?/m0/s1. The van der Waals surface area contributed by atoms with Crippen LogP contribution in [0.4, 0.5) is 0 Å². The molecule has 0 heterocycles. The number of carbonyl (C=O) groups is 1. The van der Waals surface area contributed by atoms with Gasteiger partial charge < -0.3 is 5.11 Å². The van der Waals surface area contributed by atoms with Crippen molar-refractivity contribution in [3.63, 3.8) is 0 Å². The van der Waals surface area contributed by atoms with Crippen molar-refractivity contribution in [3.05, 3.63) is 11.6 Å². The maximum atomic E-state index is 11.9. The Balaban J connectivity index is 1.69. The summed E-state index contributed by atoms with van der Waals surface area (Å²) in [5, 5.41) is 10.5. The van der Waals surface area contributed by atoms with Crippen LogP contribution >= 0.6 is 0 Å². The van der Waals surface area contributed by atoms with Crippen LogP contribution in [0.15, 0.2) is 11.6 Å². The van der Waals surface area contributed by atoms with Gasteiger partial charge in [0.15, 0.2) is 5.78 Å². The Morgan fingerprint density at radius 3 is 2.46 bits per heavy atom. The van der Waals surface area contributed by atoms with Crippen molar-refractivity contribution in [1.82, 2.24) is 0 Å². The molecule has 7 atom stereocenters. The molecular weight excluding hydrogens is 296 g/mol. The lowest BCUT2D eigenvalue weighted by molar-refractivity contribution is -0.121. The normalized spacial score (nSPS) is 52.1. The van der Waals surface area contributed by atoms with Gasteiger partial charge in [0.1, 0.15) is 0 Å². The van der Waals surface area contributed by atoms with Crippen LogP contribution in [0.3, 0.4) is 0 Å². The van der Waals surface area contributed by atoms with Crippen molar-refractivity contribution in [3.8, 4) is 0 Å². The molecule has 4 aliphatic rings. The molecule has 0 aromatic heterocycles. The van der Waals surface area contributed by atoms with E-state index < -0.39 is 0 Å². The molecule has 3 fully saturated rings. The number of hydrogen-bond acceptors (Lipinski definition) is 2. The molecule has 3 saturated carbocycles. The molecule has 0 aliphatic heterocycles. The van der Waals surface area contributed by atoms with E-state index in [2.05, 4.69) is 20.8 Å². The van der Waals surface area contributed by atoms with E-state index in [9.17, 15) is 9.90 Å². The second-order valence-corrected chi connectivity index (χ2v) is 10.1. The first kappa shape index (κ1) is 16.8. The van der Waals surface area contributed by atoms with Gasteiger partial charge in [-0.15, -0.1) is 0 Å². The summed E-state index contributed by atoms with van der Waals surface area (Å²) >= 11 is 0. The lowest BCUT2D eigenvalue weighted by atomic mass is 9.45. The molecule has 0 amide bonds. The monoisotopic (exact) mass is 330 g/mol. The Hall–Kier alpha value is -0.630. The summed E-state index contributed by atoms with van der Waals surface area (Å²) in [5.74, 6) is 2.65. The number of rotatable bonds is 1. The lowest BCUT2D eigenvalue weighted by Gasteiger charge is -2.60. The maximum Gasteiger partial charge on any atom is 0.155 e. The predicted octanol–water partition coefficient (Wildman–Crippen LogP) is 4.91. The molecule has 6 unspecified atom stereocenters. The minimum absolute atomic E-state index is 0.0716. The lowest BCUT2D eigenvalue weighted by Crippen LogP contribution is -2.54. The summed E-state index contributed by atoms with van der Waals surface area (Å²) in [6.45, 7) is 9.28. The minimum atomic E-state index is -0.217. The third kappa shape index (κ3) is 1.95. The van der Waals surface area contributed by atoms with Crippen LogP contribution in [0.1, 0.15) is 79.1 Å². The summed E-state index contributed by atoms with van der Waals surface area (Å²) in [6.07, 6.45) is 11.0. The highest BCUT2D eigenvalue weighted by molar-refractivity contribution is 5.91. The van der Waals surface area contributed by atoms with Gasteiger partial charge in [0, 0.05) is 6.42 Å². The number of carbonyl (C=O) groups excluding carboxylic acids is 1. The first-order valence-electron chi connectivity index (χ1n) is 10.1. The van der Waals surface area contributed by atoms with Gasteiger partial charge in [0.05, 0.1) is 6.10 Å². The van der Waals surface area contributed by atoms with Gasteiger partial charge >= 0.3 is 0 Å². The smallest absolute Gasteiger partial charge is 0.155 e. The van der Waals surface area contributed by atoms with Gasteiger partial charge in [-0.3, -0.25) is 4.79 Å². The largest absolute Gasteiger partial charge is 0.393 e. The van der Waals surface area contributed by atoms with E-state index in [1.165, 1.54) is 37.7 Å². The van der Waals surface area contributed by atoms with Crippen LogP contribution in [0, 0.1) is 34.0 Å². The van der Waals surface area contributed by atoms with Crippen molar-refractivity contribution < 1.29 is 9.90 Å². The summed E-state index contributed by atoms with van der Waals surface area (Å²) < 4.78 is 0. The summed E-state index contributed by atoms with van der Waals surface area (Å²) in [4.78, 5) is 11.9. The molecule has 0 spiro atoms.